The number of alkyl halides is 9. The fraction of sp³-hybridized carbons (Fsp3) is 0.536. The SMILES string of the molecule is COC(c1ccc(C(F)(F)F)cc1CN(Cc1cc(C(F)(F)F)cc(C(F)(F)F)c1)c1nnn(C(C)O)n1)C1CCCCC1. The molecule has 0 radical (unpaired) electrons. The molecular formula is C28H30F9N5O2. The lowest BCUT2D eigenvalue weighted by Crippen LogP contribution is -2.27. The highest BCUT2D eigenvalue weighted by molar-refractivity contribution is 5.42. The first-order chi connectivity index (χ1) is 20.5. The lowest BCUT2D eigenvalue weighted by atomic mass is 9.81. The third kappa shape index (κ3) is 8.00. The van der Waals surface area contributed by atoms with Crippen molar-refractivity contribution in [1.29, 1.82) is 0 Å². The van der Waals surface area contributed by atoms with Gasteiger partial charge in [0, 0.05) is 20.2 Å². The highest BCUT2D eigenvalue weighted by atomic mass is 19.4. The molecular weight excluding hydrogens is 609 g/mol. The first-order valence-electron chi connectivity index (χ1n) is 13.7. The molecule has 44 heavy (non-hydrogen) atoms. The van der Waals surface area contributed by atoms with Crippen molar-refractivity contribution in [2.75, 3.05) is 12.0 Å². The molecule has 4 rings (SSSR count). The number of hydrogen-bond donors (Lipinski definition) is 1. The van der Waals surface area contributed by atoms with Gasteiger partial charge in [0.05, 0.1) is 22.8 Å². The summed E-state index contributed by atoms with van der Waals surface area (Å²) in [4.78, 5) is 1.84. The Hall–Kier alpha value is -3.40. The molecule has 1 N–H and O–H groups in total. The van der Waals surface area contributed by atoms with Crippen LogP contribution in [0.1, 0.15) is 84.7 Å². The lowest BCUT2D eigenvalue weighted by molar-refractivity contribution is -0.143. The van der Waals surface area contributed by atoms with Crippen LogP contribution < -0.4 is 4.90 Å². The number of hydrogen-bond acceptors (Lipinski definition) is 6. The van der Waals surface area contributed by atoms with Crippen LogP contribution in [0.3, 0.4) is 0 Å². The minimum Gasteiger partial charge on any atom is -0.376 e. The molecule has 16 heteroatoms. The second-order valence-electron chi connectivity index (χ2n) is 10.8. The second-order valence-corrected chi connectivity index (χ2v) is 10.8. The van der Waals surface area contributed by atoms with Crippen LogP contribution in [0.25, 0.3) is 0 Å². The molecule has 0 bridgehead atoms. The summed E-state index contributed by atoms with van der Waals surface area (Å²) in [5, 5.41) is 21.3. The maximum absolute atomic E-state index is 13.8. The molecule has 1 saturated carbocycles. The van der Waals surface area contributed by atoms with Gasteiger partial charge in [-0.2, -0.15) is 39.5 Å². The molecule has 1 aromatic heterocycles. The predicted molar refractivity (Wildman–Crippen MR) is 139 cm³/mol. The van der Waals surface area contributed by atoms with Gasteiger partial charge in [0.25, 0.3) is 5.95 Å². The molecule has 1 heterocycles. The predicted octanol–water partition coefficient (Wildman–Crippen LogP) is 7.71. The van der Waals surface area contributed by atoms with Crippen molar-refractivity contribution in [2.45, 2.75) is 83.0 Å². The number of ether oxygens (including phenoxy) is 1. The van der Waals surface area contributed by atoms with Gasteiger partial charge < -0.3 is 14.7 Å². The van der Waals surface area contributed by atoms with Crippen LogP contribution in [0.4, 0.5) is 45.5 Å². The largest absolute Gasteiger partial charge is 0.416 e. The third-order valence-electron chi connectivity index (χ3n) is 7.53. The van der Waals surface area contributed by atoms with E-state index in [9.17, 15) is 44.6 Å². The van der Waals surface area contributed by atoms with Gasteiger partial charge in [-0.3, -0.25) is 0 Å². The Labute approximate surface area is 246 Å². The standard InChI is InChI=1S/C28H30F9N5O2/c1-16(43)42-39-25(38-40-42)41(14-17-10-21(27(32,33)34)13-22(11-17)28(35,36)37)15-19-12-20(26(29,30)31)8-9-23(19)24(44-2)18-6-4-3-5-7-18/h8-13,16,18,24,43H,3-7,14-15H2,1-2H3. The molecule has 2 unspecified atom stereocenters. The van der Waals surface area contributed by atoms with Gasteiger partial charge in [-0.15, -0.1) is 9.90 Å². The first kappa shape index (κ1) is 33.5. The number of methoxy groups -OCH3 is 1. The monoisotopic (exact) mass is 639 g/mol. The molecule has 2 atom stereocenters. The molecule has 0 saturated heterocycles. The minimum atomic E-state index is -5.12. The van der Waals surface area contributed by atoms with Gasteiger partial charge in [-0.1, -0.05) is 30.4 Å². The summed E-state index contributed by atoms with van der Waals surface area (Å²) in [6, 6.07) is 4.09. The van der Waals surface area contributed by atoms with Gasteiger partial charge >= 0.3 is 18.5 Å². The summed E-state index contributed by atoms with van der Waals surface area (Å²) in [7, 11) is 1.43. The molecule has 0 amide bonds. The summed E-state index contributed by atoms with van der Waals surface area (Å²) >= 11 is 0. The minimum absolute atomic E-state index is 0.0198. The molecule has 3 aromatic rings. The van der Waals surface area contributed by atoms with Gasteiger partial charge in [-0.05, 0) is 77.9 Å². The molecule has 1 fully saturated rings. The summed E-state index contributed by atoms with van der Waals surface area (Å²) in [6.45, 7) is 0.140. The fourth-order valence-electron chi connectivity index (χ4n) is 5.44. The zero-order valence-electron chi connectivity index (χ0n) is 23.6. The van der Waals surface area contributed by atoms with Crippen molar-refractivity contribution in [3.05, 3.63) is 69.8 Å². The number of benzene rings is 2. The van der Waals surface area contributed by atoms with Crippen molar-refractivity contribution in [2.24, 2.45) is 5.92 Å². The molecule has 0 spiro atoms. The Balaban J connectivity index is 1.84. The van der Waals surface area contributed by atoms with E-state index < -0.39 is 66.2 Å². The number of halogens is 9. The van der Waals surface area contributed by atoms with Crippen LogP contribution in [0.15, 0.2) is 36.4 Å². The van der Waals surface area contributed by atoms with Crippen LogP contribution >= 0.6 is 0 Å². The summed E-state index contributed by atoms with van der Waals surface area (Å²) in [6.07, 6.45) is -12.6. The number of rotatable bonds is 9. The van der Waals surface area contributed by atoms with Crippen molar-refractivity contribution in [1.82, 2.24) is 20.2 Å². The maximum atomic E-state index is 13.8. The number of nitrogens with zero attached hydrogens (tertiary/aromatic N) is 5. The van der Waals surface area contributed by atoms with Crippen LogP contribution in [-0.4, -0.2) is 32.4 Å². The highest BCUT2D eigenvalue weighted by Crippen LogP contribution is 2.41. The Morgan fingerprint density at radius 3 is 1.95 bits per heavy atom. The number of aromatic nitrogens is 4. The van der Waals surface area contributed by atoms with Crippen molar-refractivity contribution >= 4 is 5.95 Å². The summed E-state index contributed by atoms with van der Waals surface area (Å²) < 4.78 is 129. The van der Waals surface area contributed by atoms with Gasteiger partial charge in [0.15, 0.2) is 6.23 Å². The topological polar surface area (TPSA) is 76.3 Å². The number of anilines is 1. The van der Waals surface area contributed by atoms with E-state index in [-0.39, 0.29) is 23.5 Å². The van der Waals surface area contributed by atoms with E-state index in [1.165, 1.54) is 20.1 Å². The number of tetrazole rings is 1. The van der Waals surface area contributed by atoms with E-state index >= 15 is 0 Å². The van der Waals surface area contributed by atoms with Gasteiger partial charge in [0.1, 0.15) is 0 Å². The quantitative estimate of drug-likeness (QED) is 0.242. The maximum Gasteiger partial charge on any atom is 0.416 e. The molecule has 242 valence electrons. The summed E-state index contributed by atoms with van der Waals surface area (Å²) in [5.74, 6) is -0.364. The molecule has 2 aromatic carbocycles. The van der Waals surface area contributed by atoms with Crippen LogP contribution in [-0.2, 0) is 36.4 Å². The number of aliphatic hydroxyl groups excluding tert-OH is 1. The average Bonchev–Trinajstić information content (AvgIpc) is 3.44. The van der Waals surface area contributed by atoms with Gasteiger partial charge in [-0.25, -0.2) is 0 Å². The lowest BCUT2D eigenvalue weighted by Gasteiger charge is -2.32. The molecule has 1 aliphatic carbocycles. The zero-order valence-corrected chi connectivity index (χ0v) is 23.6. The Bertz CT molecular complexity index is 1380. The average molecular weight is 640 g/mol. The number of aliphatic hydroxyl groups is 1. The molecule has 0 aliphatic heterocycles. The van der Waals surface area contributed by atoms with E-state index in [2.05, 4.69) is 15.4 Å². The smallest absolute Gasteiger partial charge is 0.376 e. The molecule has 7 nitrogen and oxygen atoms in total. The normalized spacial score (nSPS) is 16.6. The van der Waals surface area contributed by atoms with Crippen LogP contribution in [0.5, 0.6) is 0 Å². The van der Waals surface area contributed by atoms with Crippen molar-refractivity contribution in [3.8, 4) is 0 Å². The zero-order chi connectivity index (χ0) is 32.4. The van der Waals surface area contributed by atoms with E-state index in [0.717, 1.165) is 53.9 Å². The van der Waals surface area contributed by atoms with Crippen LogP contribution in [0, 0.1) is 5.92 Å². The Kier molecular flexibility index (Phi) is 9.83. The van der Waals surface area contributed by atoms with Gasteiger partial charge in [0.2, 0.25) is 0 Å². The Morgan fingerprint density at radius 1 is 0.864 bits per heavy atom. The van der Waals surface area contributed by atoms with Crippen molar-refractivity contribution in [3.63, 3.8) is 0 Å². The second kappa shape index (κ2) is 12.9. The van der Waals surface area contributed by atoms with E-state index in [1.54, 1.807) is 0 Å². The van der Waals surface area contributed by atoms with Crippen molar-refractivity contribution < 1.29 is 49.4 Å². The summed E-state index contributed by atoms with van der Waals surface area (Å²) in [5.41, 5.74) is -4.12. The first-order valence-corrected chi connectivity index (χ1v) is 13.7. The van der Waals surface area contributed by atoms with E-state index in [0.29, 0.717) is 17.7 Å². The van der Waals surface area contributed by atoms with Crippen LogP contribution in [0.2, 0.25) is 0 Å². The third-order valence-corrected chi connectivity index (χ3v) is 7.53. The fourth-order valence-corrected chi connectivity index (χ4v) is 5.44. The Morgan fingerprint density at radius 2 is 1.45 bits per heavy atom. The molecule has 1 aliphatic rings. The highest BCUT2D eigenvalue weighted by Gasteiger charge is 2.38. The van der Waals surface area contributed by atoms with E-state index in [4.69, 9.17) is 4.74 Å². The van der Waals surface area contributed by atoms with E-state index in [1.807, 2.05) is 0 Å².